The molecule has 0 bridgehead atoms. The molecule has 0 aliphatic carbocycles. The Balaban J connectivity index is 1.96. The lowest BCUT2D eigenvalue weighted by Crippen LogP contribution is -2.43. The van der Waals surface area contributed by atoms with E-state index in [1.807, 2.05) is 0 Å². The van der Waals surface area contributed by atoms with Gasteiger partial charge in [0, 0.05) is 23.1 Å². The maximum atomic E-state index is 12.6. The summed E-state index contributed by atoms with van der Waals surface area (Å²) in [4.78, 5) is 27.5. The van der Waals surface area contributed by atoms with Gasteiger partial charge in [-0.05, 0) is 12.5 Å². The number of epoxide rings is 1. The molecule has 0 saturated carbocycles. The number of aryl methyl sites for hydroxylation is 1. The topological polar surface area (TPSA) is 135 Å². The van der Waals surface area contributed by atoms with Crippen molar-refractivity contribution in [2.45, 2.75) is 44.4 Å². The maximum absolute atomic E-state index is 12.6. The van der Waals surface area contributed by atoms with Crippen molar-refractivity contribution < 1.29 is 14.6 Å². The van der Waals surface area contributed by atoms with Crippen molar-refractivity contribution in [3.63, 3.8) is 0 Å². The summed E-state index contributed by atoms with van der Waals surface area (Å²) in [6.45, 7) is 2.04. The fourth-order valence-electron chi connectivity index (χ4n) is 2.74. The van der Waals surface area contributed by atoms with Gasteiger partial charge in [-0.2, -0.15) is 0 Å². The lowest BCUT2D eigenvalue weighted by molar-refractivity contribution is -0.0278. The molecule has 10 nitrogen and oxygen atoms in total. The zero-order valence-electron chi connectivity index (χ0n) is 12.5. The Labute approximate surface area is 130 Å². The highest BCUT2D eigenvalue weighted by Gasteiger charge is 2.36. The van der Waals surface area contributed by atoms with Crippen LogP contribution in [0.1, 0.15) is 18.2 Å². The van der Waals surface area contributed by atoms with E-state index in [4.69, 9.17) is 15.0 Å². The first-order chi connectivity index (χ1) is 11.0. The number of aliphatic hydroxyl groups is 1. The maximum Gasteiger partial charge on any atom is 0.333 e. The molecule has 0 amide bonds. The number of hydrogen-bond acceptors (Lipinski definition) is 6. The van der Waals surface area contributed by atoms with Gasteiger partial charge in [-0.25, -0.2) is 4.79 Å². The van der Waals surface area contributed by atoms with Crippen molar-refractivity contribution in [1.29, 1.82) is 0 Å². The number of aliphatic hydroxyl groups excluding tert-OH is 1. The van der Waals surface area contributed by atoms with Gasteiger partial charge in [0.05, 0.1) is 38.0 Å². The summed E-state index contributed by atoms with van der Waals surface area (Å²) in [6.07, 6.45) is 0.219. The molecule has 2 fully saturated rings. The second kappa shape index (κ2) is 6.17. The van der Waals surface area contributed by atoms with E-state index >= 15 is 0 Å². The molecular weight excluding hydrogens is 306 g/mol. The molecule has 23 heavy (non-hydrogen) atoms. The van der Waals surface area contributed by atoms with E-state index < -0.39 is 24.1 Å². The molecule has 4 unspecified atom stereocenters. The van der Waals surface area contributed by atoms with Gasteiger partial charge in [-0.1, -0.05) is 5.11 Å². The lowest BCUT2D eigenvalue weighted by Gasteiger charge is -2.17. The van der Waals surface area contributed by atoms with Crippen molar-refractivity contribution >= 4 is 0 Å². The molecule has 0 spiro atoms. The summed E-state index contributed by atoms with van der Waals surface area (Å²) >= 11 is 0. The third-order valence-corrected chi connectivity index (χ3v) is 4.05. The van der Waals surface area contributed by atoms with E-state index in [-0.39, 0.29) is 31.2 Å². The Bertz CT molecular complexity index is 761. The monoisotopic (exact) mass is 323 g/mol. The molecule has 1 N–H and O–H groups in total. The molecule has 0 radical (unpaired) electrons. The highest BCUT2D eigenvalue weighted by atomic mass is 16.6. The summed E-state index contributed by atoms with van der Waals surface area (Å²) < 4.78 is 13.1. The smallest absolute Gasteiger partial charge is 0.333 e. The molecule has 2 aliphatic heterocycles. The Morgan fingerprint density at radius 2 is 2.26 bits per heavy atom. The quantitative estimate of drug-likeness (QED) is 0.343. The summed E-state index contributed by atoms with van der Waals surface area (Å²) in [5.41, 5.74) is 8.12. The van der Waals surface area contributed by atoms with Gasteiger partial charge in [-0.15, -0.1) is 0 Å². The van der Waals surface area contributed by atoms with Crippen LogP contribution in [0.4, 0.5) is 0 Å². The fourth-order valence-corrected chi connectivity index (χ4v) is 2.74. The van der Waals surface area contributed by atoms with Crippen LogP contribution in [0.25, 0.3) is 10.4 Å². The number of ether oxygens (including phenoxy) is 2. The average Bonchev–Trinajstić information content (AvgIpc) is 3.27. The summed E-state index contributed by atoms with van der Waals surface area (Å²) in [6, 6.07) is -0.561. The van der Waals surface area contributed by atoms with Crippen LogP contribution < -0.4 is 11.2 Å². The third-order valence-electron chi connectivity index (χ3n) is 4.05. The zero-order valence-corrected chi connectivity index (χ0v) is 12.5. The summed E-state index contributed by atoms with van der Waals surface area (Å²) in [7, 11) is 0. The Morgan fingerprint density at radius 1 is 1.52 bits per heavy atom. The zero-order chi connectivity index (χ0) is 16.6. The predicted molar refractivity (Wildman–Crippen MR) is 78.0 cm³/mol. The van der Waals surface area contributed by atoms with Crippen molar-refractivity contribution in [3.8, 4) is 0 Å². The number of nitrogens with zero attached hydrogens (tertiary/aromatic N) is 5. The minimum absolute atomic E-state index is 0.110. The molecule has 0 aromatic carbocycles. The Hall–Kier alpha value is -2.13. The molecule has 1 aromatic heterocycles. The largest absolute Gasteiger partial charge is 0.394 e. The van der Waals surface area contributed by atoms with Crippen LogP contribution in [0.2, 0.25) is 0 Å². The van der Waals surface area contributed by atoms with Gasteiger partial charge >= 0.3 is 5.69 Å². The minimum Gasteiger partial charge on any atom is -0.394 e. The van der Waals surface area contributed by atoms with Crippen LogP contribution >= 0.6 is 0 Å². The van der Waals surface area contributed by atoms with Gasteiger partial charge in [0.1, 0.15) is 6.23 Å². The summed E-state index contributed by atoms with van der Waals surface area (Å²) in [5, 5.41) is 12.9. The highest BCUT2D eigenvalue weighted by molar-refractivity contribution is 5.04. The molecule has 124 valence electrons. The van der Waals surface area contributed by atoms with Crippen LogP contribution in [0, 0.1) is 6.92 Å². The van der Waals surface area contributed by atoms with E-state index in [0.29, 0.717) is 12.2 Å². The normalized spacial score (nSPS) is 29.3. The molecule has 10 heteroatoms. The molecule has 2 saturated heterocycles. The van der Waals surface area contributed by atoms with E-state index in [9.17, 15) is 14.7 Å². The van der Waals surface area contributed by atoms with Gasteiger partial charge in [0.15, 0.2) is 0 Å². The van der Waals surface area contributed by atoms with Crippen LogP contribution in [0.5, 0.6) is 0 Å². The van der Waals surface area contributed by atoms with Gasteiger partial charge < -0.3 is 14.6 Å². The predicted octanol–water partition coefficient (Wildman–Crippen LogP) is -0.324. The highest BCUT2D eigenvalue weighted by Crippen LogP contribution is 2.29. The van der Waals surface area contributed by atoms with Gasteiger partial charge in [0.2, 0.25) is 0 Å². The van der Waals surface area contributed by atoms with Crippen molar-refractivity contribution in [2.75, 3.05) is 13.2 Å². The van der Waals surface area contributed by atoms with E-state index in [1.54, 1.807) is 6.92 Å². The first kappa shape index (κ1) is 15.8. The van der Waals surface area contributed by atoms with E-state index in [1.165, 1.54) is 10.8 Å². The number of rotatable bonds is 5. The second-order valence-electron chi connectivity index (χ2n) is 5.69. The summed E-state index contributed by atoms with van der Waals surface area (Å²) in [5.74, 6) is 0. The van der Waals surface area contributed by atoms with Crippen LogP contribution in [-0.2, 0) is 16.0 Å². The van der Waals surface area contributed by atoms with Crippen LogP contribution in [0.15, 0.2) is 20.9 Å². The molecule has 1 aromatic rings. The van der Waals surface area contributed by atoms with Gasteiger partial charge in [0.25, 0.3) is 5.56 Å². The fraction of sp³-hybridized carbons (Fsp3) is 0.692. The number of azide groups is 1. The lowest BCUT2D eigenvalue weighted by atomic mass is 10.1. The standard InChI is InChI=1S/C13H17N5O5/c1-7-3-17(11-2-9(15-16-14)10(5-19)23-11)13(21)18(12(7)20)4-8-6-22-8/h3,8-11,19H,2,4-6H2,1H3. The Kier molecular flexibility index (Phi) is 4.22. The molecular formula is C13H17N5O5. The van der Waals surface area contributed by atoms with Crippen LogP contribution in [-0.4, -0.2) is 45.7 Å². The molecule has 3 rings (SSSR count). The van der Waals surface area contributed by atoms with Gasteiger partial charge in [-0.3, -0.25) is 13.9 Å². The van der Waals surface area contributed by atoms with E-state index in [0.717, 1.165) is 4.57 Å². The van der Waals surface area contributed by atoms with Crippen molar-refractivity contribution in [2.24, 2.45) is 5.11 Å². The molecule has 2 aliphatic rings. The molecule has 4 atom stereocenters. The SMILES string of the molecule is Cc1cn(C2CC(N=[N+]=[N-])C(CO)O2)c(=O)n(CC2CO2)c1=O. The average molecular weight is 323 g/mol. The Morgan fingerprint density at radius 3 is 2.87 bits per heavy atom. The minimum atomic E-state index is -0.694. The first-order valence-corrected chi connectivity index (χ1v) is 7.30. The second-order valence-corrected chi connectivity index (χ2v) is 5.69. The number of aromatic nitrogens is 2. The van der Waals surface area contributed by atoms with Crippen molar-refractivity contribution in [1.82, 2.24) is 9.13 Å². The first-order valence-electron chi connectivity index (χ1n) is 7.30. The third kappa shape index (κ3) is 3.02. The number of hydrogen-bond donors (Lipinski definition) is 1. The van der Waals surface area contributed by atoms with Crippen molar-refractivity contribution in [3.05, 3.63) is 43.0 Å². The molecule has 3 heterocycles. The van der Waals surface area contributed by atoms with E-state index in [2.05, 4.69) is 10.0 Å². The van der Waals surface area contributed by atoms with Crippen LogP contribution in [0.3, 0.4) is 0 Å².